The molecular weight excluding hydrogens is 492 g/mol. The topological polar surface area (TPSA) is 0 Å². The Morgan fingerprint density at radius 2 is 1.20 bits per heavy atom. The lowest BCUT2D eigenvalue weighted by molar-refractivity contribution is 1.65. The molecule has 0 aromatic heterocycles. The predicted molar refractivity (Wildman–Crippen MR) is 178 cm³/mol. The van der Waals surface area contributed by atoms with Crippen molar-refractivity contribution in [2.75, 3.05) is 0 Å². The molecule has 0 saturated carbocycles. The van der Waals surface area contributed by atoms with Crippen LogP contribution in [0.1, 0.15) is 18.1 Å². The molecule has 0 atom stereocenters. The van der Waals surface area contributed by atoms with Gasteiger partial charge in [-0.25, -0.2) is 0 Å². The van der Waals surface area contributed by atoms with E-state index in [4.69, 9.17) is 0 Å². The van der Waals surface area contributed by atoms with Crippen LogP contribution in [0.15, 0.2) is 134 Å². The normalized spacial score (nSPS) is 13.4. The maximum Gasteiger partial charge on any atom is -0.00199 e. The minimum absolute atomic E-state index is 1.26. The van der Waals surface area contributed by atoms with Gasteiger partial charge in [0.15, 0.2) is 0 Å². The fourth-order valence-corrected chi connectivity index (χ4v) is 7.43. The molecule has 9 rings (SSSR count). The zero-order chi connectivity index (χ0) is 27.2. The second-order valence-corrected chi connectivity index (χ2v) is 11.4. The molecule has 2 aliphatic rings. The van der Waals surface area contributed by atoms with E-state index in [0.29, 0.717) is 0 Å². The van der Waals surface area contributed by atoms with Gasteiger partial charge in [0.1, 0.15) is 0 Å². The van der Waals surface area contributed by atoms with Crippen LogP contribution >= 0.6 is 0 Å². The summed E-state index contributed by atoms with van der Waals surface area (Å²) < 4.78 is 0. The molecule has 0 bridgehead atoms. The van der Waals surface area contributed by atoms with Crippen LogP contribution in [0.25, 0.3) is 87.6 Å². The number of rotatable bonds is 3. The summed E-state index contributed by atoms with van der Waals surface area (Å²) in [5.74, 6) is 0. The van der Waals surface area contributed by atoms with E-state index in [1.807, 2.05) is 12.2 Å². The van der Waals surface area contributed by atoms with Crippen LogP contribution in [0.3, 0.4) is 0 Å². The van der Waals surface area contributed by atoms with Gasteiger partial charge in [0.25, 0.3) is 0 Å². The van der Waals surface area contributed by atoms with E-state index < -0.39 is 0 Å². The molecule has 0 heterocycles. The highest BCUT2D eigenvalue weighted by Crippen LogP contribution is 2.51. The van der Waals surface area contributed by atoms with Crippen molar-refractivity contribution in [3.05, 3.63) is 145 Å². The van der Waals surface area contributed by atoms with Gasteiger partial charge in [-0.3, -0.25) is 0 Å². The summed E-state index contributed by atoms with van der Waals surface area (Å²) in [5, 5.41) is 10.6. The molecule has 2 aliphatic carbocycles. The lowest BCUT2D eigenvalue weighted by Crippen LogP contribution is -1.87. The Hall–Kier alpha value is -5.20. The quantitative estimate of drug-likeness (QED) is 0.161. The van der Waals surface area contributed by atoms with Crippen molar-refractivity contribution in [3.8, 4) is 33.4 Å². The molecule has 0 unspecified atom stereocenters. The first-order valence-electron chi connectivity index (χ1n) is 14.3. The predicted octanol–water partition coefficient (Wildman–Crippen LogP) is 11.6. The van der Waals surface area contributed by atoms with Crippen LogP contribution in [0, 0.1) is 0 Å². The maximum atomic E-state index is 3.87. The van der Waals surface area contributed by atoms with Gasteiger partial charge in [-0.05, 0) is 130 Å². The molecule has 0 radical (unpaired) electrons. The van der Waals surface area contributed by atoms with Crippen molar-refractivity contribution in [1.29, 1.82) is 0 Å². The van der Waals surface area contributed by atoms with E-state index >= 15 is 0 Å². The van der Waals surface area contributed by atoms with E-state index in [2.05, 4.69) is 129 Å². The molecule has 0 spiro atoms. The highest BCUT2D eigenvalue weighted by atomic mass is 14.3. The molecule has 0 N–H and O–H groups in total. The van der Waals surface area contributed by atoms with Gasteiger partial charge < -0.3 is 0 Å². The van der Waals surface area contributed by atoms with Gasteiger partial charge in [-0.2, -0.15) is 0 Å². The van der Waals surface area contributed by atoms with Gasteiger partial charge in [-0.1, -0.05) is 110 Å². The lowest BCUT2D eigenvalue weighted by Gasteiger charge is -2.12. The molecule has 41 heavy (non-hydrogen) atoms. The van der Waals surface area contributed by atoms with E-state index in [1.165, 1.54) is 98.7 Å². The number of fused-ring (bicyclic) bond motifs is 6. The first kappa shape index (κ1) is 22.6. The van der Waals surface area contributed by atoms with Crippen LogP contribution in [0.5, 0.6) is 0 Å². The molecule has 0 nitrogen and oxygen atoms in total. The standard InChI is InChI=1S/C41H26/c1-3-4-10-29-24(2)30-12-7-13-34-32(18-19-36(29)40(30)34)27-17-16-25-21-37-35-15-8-14-33-31-11-6-5-9-26(31)22-39(41(33)35)38(37)23-28(25)20-27/h3-23H,1H2,2H3/b10-4-. The van der Waals surface area contributed by atoms with Crippen molar-refractivity contribution in [1.82, 2.24) is 0 Å². The Labute approximate surface area is 239 Å². The molecule has 0 heteroatoms. The summed E-state index contributed by atoms with van der Waals surface area (Å²) in [6, 6.07) is 41.1. The van der Waals surface area contributed by atoms with Gasteiger partial charge in [0.05, 0.1) is 0 Å². The molecular formula is C41H26. The third-order valence-electron chi connectivity index (χ3n) is 9.29. The molecule has 190 valence electrons. The molecule has 0 amide bonds. The molecule has 0 fully saturated rings. The maximum absolute atomic E-state index is 3.87. The van der Waals surface area contributed by atoms with E-state index in [-0.39, 0.29) is 0 Å². The van der Waals surface area contributed by atoms with Crippen molar-refractivity contribution < 1.29 is 0 Å². The second kappa shape index (κ2) is 8.16. The number of benzene rings is 7. The summed E-state index contributed by atoms with van der Waals surface area (Å²) >= 11 is 0. The average molecular weight is 519 g/mol. The van der Waals surface area contributed by atoms with Crippen LogP contribution < -0.4 is 0 Å². The SMILES string of the molecule is C=C/C=C\C1=C(C)c2cccc3c(-c4ccc5cc6c(cc5c4)-c4cc5ccccc5c5cccc-6c45)ccc1c23. The van der Waals surface area contributed by atoms with Crippen molar-refractivity contribution in [3.63, 3.8) is 0 Å². The Balaban J connectivity index is 1.25. The molecule has 0 saturated heterocycles. The van der Waals surface area contributed by atoms with Gasteiger partial charge in [-0.15, -0.1) is 0 Å². The minimum atomic E-state index is 1.26. The summed E-state index contributed by atoms with van der Waals surface area (Å²) in [7, 11) is 0. The minimum Gasteiger partial charge on any atom is -0.0991 e. The van der Waals surface area contributed by atoms with Gasteiger partial charge in [0, 0.05) is 0 Å². The average Bonchev–Trinajstić information content (AvgIpc) is 3.47. The fraction of sp³-hybridized carbons (Fsp3) is 0.0244. The fourth-order valence-electron chi connectivity index (χ4n) is 7.43. The highest BCUT2D eigenvalue weighted by molar-refractivity contribution is 6.24. The number of allylic oxidation sites excluding steroid dienone is 5. The Kier molecular flexibility index (Phi) is 4.50. The zero-order valence-electron chi connectivity index (χ0n) is 22.8. The zero-order valence-corrected chi connectivity index (χ0v) is 22.8. The van der Waals surface area contributed by atoms with E-state index in [1.54, 1.807) is 0 Å². The first-order valence-corrected chi connectivity index (χ1v) is 14.3. The van der Waals surface area contributed by atoms with Crippen LogP contribution in [0.2, 0.25) is 0 Å². The van der Waals surface area contributed by atoms with Crippen molar-refractivity contribution >= 4 is 54.2 Å². The second-order valence-electron chi connectivity index (χ2n) is 11.4. The Morgan fingerprint density at radius 1 is 0.488 bits per heavy atom. The van der Waals surface area contributed by atoms with Crippen molar-refractivity contribution in [2.45, 2.75) is 6.92 Å². The largest absolute Gasteiger partial charge is 0.0991 e. The summed E-state index contributed by atoms with van der Waals surface area (Å²) in [6.07, 6.45) is 6.07. The third kappa shape index (κ3) is 3.00. The summed E-state index contributed by atoms with van der Waals surface area (Å²) in [6.45, 7) is 6.10. The lowest BCUT2D eigenvalue weighted by atomic mass is 9.91. The van der Waals surface area contributed by atoms with E-state index in [0.717, 1.165) is 0 Å². The van der Waals surface area contributed by atoms with Crippen LogP contribution in [0.4, 0.5) is 0 Å². The number of hydrogen-bond acceptors (Lipinski definition) is 0. The monoisotopic (exact) mass is 518 g/mol. The highest BCUT2D eigenvalue weighted by Gasteiger charge is 2.24. The summed E-state index contributed by atoms with van der Waals surface area (Å²) in [5.41, 5.74) is 13.2. The van der Waals surface area contributed by atoms with Crippen LogP contribution in [-0.4, -0.2) is 0 Å². The van der Waals surface area contributed by atoms with Crippen molar-refractivity contribution in [2.24, 2.45) is 0 Å². The summed E-state index contributed by atoms with van der Waals surface area (Å²) in [4.78, 5) is 0. The molecule has 7 aromatic carbocycles. The first-order chi connectivity index (χ1) is 20.2. The molecule has 7 aromatic rings. The Morgan fingerprint density at radius 3 is 2.10 bits per heavy atom. The molecule has 0 aliphatic heterocycles. The van der Waals surface area contributed by atoms with Gasteiger partial charge in [0.2, 0.25) is 0 Å². The smallest absolute Gasteiger partial charge is 0.00199 e. The number of hydrogen-bond donors (Lipinski definition) is 0. The Bertz CT molecular complexity index is 2380. The third-order valence-corrected chi connectivity index (χ3v) is 9.29. The van der Waals surface area contributed by atoms with Crippen LogP contribution in [-0.2, 0) is 0 Å². The van der Waals surface area contributed by atoms with Gasteiger partial charge >= 0.3 is 0 Å². The van der Waals surface area contributed by atoms with E-state index in [9.17, 15) is 0 Å².